The first-order valence-electron chi connectivity index (χ1n) is 8.47. The number of nitrogens with zero attached hydrogens (tertiary/aromatic N) is 1. The Morgan fingerprint density at radius 1 is 1.27 bits per heavy atom. The van der Waals surface area contributed by atoms with Crippen molar-refractivity contribution in [2.24, 2.45) is 0 Å². The molecule has 138 valence electrons. The van der Waals surface area contributed by atoms with Crippen molar-refractivity contribution in [3.05, 3.63) is 47.5 Å². The van der Waals surface area contributed by atoms with Crippen LogP contribution in [0.5, 0.6) is 0 Å². The van der Waals surface area contributed by atoms with Crippen LogP contribution < -0.4 is 0 Å². The molecule has 1 aliphatic heterocycles. The van der Waals surface area contributed by atoms with Gasteiger partial charge < -0.3 is 10.1 Å². The van der Waals surface area contributed by atoms with Gasteiger partial charge in [-0.25, -0.2) is 0 Å². The van der Waals surface area contributed by atoms with E-state index in [1.165, 1.54) is 22.7 Å². The first-order chi connectivity index (χ1) is 12.5. The number of benzene rings is 1. The van der Waals surface area contributed by atoms with E-state index < -0.39 is 5.97 Å². The van der Waals surface area contributed by atoms with Crippen molar-refractivity contribution in [3.63, 3.8) is 0 Å². The molecule has 7 heteroatoms. The van der Waals surface area contributed by atoms with E-state index in [0.717, 1.165) is 12.8 Å². The summed E-state index contributed by atoms with van der Waals surface area (Å²) in [6, 6.07) is 10.3. The Hall–Kier alpha value is -2.12. The number of carboxylic acid groups (broad SMARTS) is 1. The third kappa shape index (κ3) is 5.71. The molecule has 2 aromatic rings. The third-order valence-corrected chi connectivity index (χ3v) is 5.37. The van der Waals surface area contributed by atoms with Crippen molar-refractivity contribution in [2.75, 3.05) is 6.54 Å². The van der Waals surface area contributed by atoms with Gasteiger partial charge in [-0.3, -0.25) is 14.5 Å². The molecule has 0 bridgehead atoms. The molecule has 0 aliphatic carbocycles. The molecular weight excluding hydrogens is 368 g/mol. The molecule has 1 aromatic heterocycles. The zero-order valence-corrected chi connectivity index (χ0v) is 16.2. The standard InChI is InChI=1S/C11H15NO3S2.C8H7N/c1-2-8-10(15)12(11(16)17-8)7-5-3-4-6-9(13)14;1-2-4-8-7(3-1)5-6-9-8/h2H,3-7H2,1H3,(H,13,14);1-6,9H. The molecular formula is C19H22N2O3S2. The van der Waals surface area contributed by atoms with Crippen molar-refractivity contribution >= 4 is 51.1 Å². The largest absolute Gasteiger partial charge is 0.481 e. The number of hydrogen-bond acceptors (Lipinski definition) is 4. The Labute approximate surface area is 162 Å². The van der Waals surface area contributed by atoms with Crippen LogP contribution in [0.2, 0.25) is 0 Å². The fourth-order valence-corrected chi connectivity index (χ4v) is 3.73. The van der Waals surface area contributed by atoms with E-state index in [0.29, 0.717) is 22.2 Å². The number of allylic oxidation sites excluding steroid dienone is 1. The van der Waals surface area contributed by atoms with E-state index in [4.69, 9.17) is 17.3 Å². The average molecular weight is 391 g/mol. The van der Waals surface area contributed by atoms with Crippen LogP contribution in [-0.2, 0) is 9.59 Å². The molecule has 26 heavy (non-hydrogen) atoms. The Kier molecular flexibility index (Phi) is 7.87. The highest BCUT2D eigenvalue weighted by molar-refractivity contribution is 8.26. The second-order valence-electron chi connectivity index (χ2n) is 5.75. The van der Waals surface area contributed by atoms with Crippen molar-refractivity contribution in [1.82, 2.24) is 9.88 Å². The van der Waals surface area contributed by atoms with E-state index in [2.05, 4.69) is 23.2 Å². The molecule has 0 spiro atoms. The number of carbonyl (C=O) groups excluding carboxylic acids is 1. The molecule has 2 N–H and O–H groups in total. The first-order valence-corrected chi connectivity index (χ1v) is 9.69. The first kappa shape index (κ1) is 20.2. The molecule has 1 aliphatic rings. The molecule has 2 heterocycles. The minimum atomic E-state index is -0.774. The number of carboxylic acids is 1. The van der Waals surface area contributed by atoms with Gasteiger partial charge in [-0.15, -0.1) is 0 Å². The molecule has 0 unspecified atom stereocenters. The molecule has 1 saturated heterocycles. The summed E-state index contributed by atoms with van der Waals surface area (Å²) in [7, 11) is 0. The maximum Gasteiger partial charge on any atom is 0.303 e. The summed E-state index contributed by atoms with van der Waals surface area (Å²) < 4.78 is 0.598. The van der Waals surface area contributed by atoms with E-state index in [-0.39, 0.29) is 12.3 Å². The lowest BCUT2D eigenvalue weighted by molar-refractivity contribution is -0.137. The van der Waals surface area contributed by atoms with Crippen LogP contribution in [0.15, 0.2) is 47.5 Å². The molecule has 1 aromatic carbocycles. The molecule has 1 amide bonds. The highest BCUT2D eigenvalue weighted by Gasteiger charge is 2.30. The SMILES string of the molecule is CC=C1SC(=S)N(CCCCCC(=O)O)C1=O.c1ccc2[nH]ccc2c1. The van der Waals surface area contributed by atoms with Crippen molar-refractivity contribution in [3.8, 4) is 0 Å². The number of aliphatic carboxylic acids is 1. The lowest BCUT2D eigenvalue weighted by Gasteiger charge is -2.13. The lowest BCUT2D eigenvalue weighted by atomic mass is 10.2. The summed E-state index contributed by atoms with van der Waals surface area (Å²) >= 11 is 6.44. The zero-order chi connectivity index (χ0) is 18.9. The highest BCUT2D eigenvalue weighted by Crippen LogP contribution is 2.30. The third-order valence-electron chi connectivity index (χ3n) is 3.87. The van der Waals surface area contributed by atoms with Crippen LogP contribution in [0.25, 0.3) is 10.9 Å². The monoisotopic (exact) mass is 390 g/mol. The van der Waals surface area contributed by atoms with Gasteiger partial charge in [-0.1, -0.05) is 54.7 Å². The van der Waals surface area contributed by atoms with Gasteiger partial charge in [0.1, 0.15) is 4.32 Å². The number of thiocarbonyl (C=S) groups is 1. The summed E-state index contributed by atoms with van der Waals surface area (Å²) in [6.07, 6.45) is 6.14. The molecule has 1 fully saturated rings. The maximum absolute atomic E-state index is 11.8. The van der Waals surface area contributed by atoms with E-state index >= 15 is 0 Å². The maximum atomic E-state index is 11.8. The molecule has 3 rings (SSSR count). The number of aromatic nitrogens is 1. The van der Waals surface area contributed by atoms with E-state index in [9.17, 15) is 9.59 Å². The topological polar surface area (TPSA) is 73.4 Å². The second-order valence-corrected chi connectivity index (χ2v) is 7.42. The minimum Gasteiger partial charge on any atom is -0.481 e. The number of carbonyl (C=O) groups is 2. The normalized spacial score (nSPS) is 15.4. The molecule has 0 radical (unpaired) electrons. The van der Waals surface area contributed by atoms with Crippen LogP contribution in [0.4, 0.5) is 0 Å². The summed E-state index contributed by atoms with van der Waals surface area (Å²) in [5, 5.41) is 9.75. The predicted molar refractivity (Wildman–Crippen MR) is 110 cm³/mol. The van der Waals surface area contributed by atoms with Crippen LogP contribution in [0.1, 0.15) is 32.6 Å². The van der Waals surface area contributed by atoms with Crippen molar-refractivity contribution in [2.45, 2.75) is 32.6 Å². The summed E-state index contributed by atoms with van der Waals surface area (Å²) in [4.78, 5) is 27.5. The van der Waals surface area contributed by atoms with Crippen molar-refractivity contribution in [1.29, 1.82) is 0 Å². The van der Waals surface area contributed by atoms with Crippen LogP contribution in [0.3, 0.4) is 0 Å². The molecule has 0 atom stereocenters. The number of nitrogens with one attached hydrogen (secondary N) is 1. The Morgan fingerprint density at radius 3 is 2.69 bits per heavy atom. The van der Waals surface area contributed by atoms with Gasteiger partial charge in [0, 0.05) is 24.7 Å². The number of thioether (sulfide) groups is 1. The van der Waals surface area contributed by atoms with Gasteiger partial charge in [0.05, 0.1) is 4.91 Å². The van der Waals surface area contributed by atoms with Gasteiger partial charge in [0.2, 0.25) is 0 Å². The number of fused-ring (bicyclic) bond motifs is 1. The number of unbranched alkanes of at least 4 members (excludes halogenated alkanes) is 2. The van der Waals surface area contributed by atoms with Crippen molar-refractivity contribution < 1.29 is 14.7 Å². The van der Waals surface area contributed by atoms with Gasteiger partial charge in [0.25, 0.3) is 5.91 Å². The number of para-hydroxylation sites is 1. The fourth-order valence-electron chi connectivity index (χ4n) is 2.50. The number of hydrogen-bond donors (Lipinski definition) is 2. The van der Waals surface area contributed by atoms with Gasteiger partial charge in [-0.05, 0) is 37.3 Å². The number of H-pyrrole nitrogens is 1. The highest BCUT2D eigenvalue weighted by atomic mass is 32.2. The van der Waals surface area contributed by atoms with Gasteiger partial charge in [0.15, 0.2) is 0 Å². The Morgan fingerprint density at radius 2 is 2.04 bits per heavy atom. The quantitative estimate of drug-likeness (QED) is 0.430. The summed E-state index contributed by atoms with van der Waals surface area (Å²) in [5.41, 5.74) is 1.21. The van der Waals surface area contributed by atoms with Crippen LogP contribution >= 0.6 is 24.0 Å². The average Bonchev–Trinajstić information content (AvgIpc) is 3.20. The fraction of sp³-hybridized carbons (Fsp3) is 0.316. The van der Waals surface area contributed by atoms with E-state index in [1.807, 2.05) is 25.3 Å². The number of amides is 1. The van der Waals surface area contributed by atoms with Gasteiger partial charge >= 0.3 is 5.97 Å². The molecule has 5 nitrogen and oxygen atoms in total. The lowest BCUT2D eigenvalue weighted by Crippen LogP contribution is -2.29. The summed E-state index contributed by atoms with van der Waals surface area (Å²) in [6.45, 7) is 2.40. The Balaban J connectivity index is 0.000000223. The smallest absolute Gasteiger partial charge is 0.303 e. The summed E-state index contributed by atoms with van der Waals surface area (Å²) in [5.74, 6) is -0.801. The van der Waals surface area contributed by atoms with Gasteiger partial charge in [-0.2, -0.15) is 0 Å². The second kappa shape index (κ2) is 10.1. The number of aromatic amines is 1. The number of rotatable bonds is 6. The van der Waals surface area contributed by atoms with Crippen LogP contribution in [0, 0.1) is 0 Å². The Bertz CT molecular complexity index is 784. The van der Waals surface area contributed by atoms with Crippen LogP contribution in [-0.4, -0.2) is 37.7 Å². The van der Waals surface area contributed by atoms with E-state index in [1.54, 1.807) is 11.0 Å². The predicted octanol–water partition coefficient (Wildman–Crippen LogP) is 4.56. The molecule has 0 saturated carbocycles. The minimum absolute atomic E-state index is 0.0271. The zero-order valence-electron chi connectivity index (χ0n) is 14.6.